The van der Waals surface area contributed by atoms with Gasteiger partial charge in [-0.15, -0.1) is 0 Å². The lowest BCUT2D eigenvalue weighted by Crippen LogP contribution is -2.15. The maximum Gasteiger partial charge on any atom is 0.306 e. The summed E-state index contributed by atoms with van der Waals surface area (Å²) in [5.41, 5.74) is 1.89. The topological polar surface area (TPSA) is 58.9 Å². The van der Waals surface area contributed by atoms with Crippen LogP contribution in [0.2, 0.25) is 0 Å². The fourth-order valence-electron chi connectivity index (χ4n) is 1.82. The van der Waals surface area contributed by atoms with Crippen molar-refractivity contribution in [2.24, 2.45) is 10.9 Å². The molecule has 17 heavy (non-hydrogen) atoms. The van der Waals surface area contributed by atoms with Crippen molar-refractivity contribution in [3.05, 3.63) is 35.4 Å². The summed E-state index contributed by atoms with van der Waals surface area (Å²) in [6.07, 6.45) is 0.494. The van der Waals surface area contributed by atoms with Crippen LogP contribution in [0.4, 0.5) is 0 Å². The molecule has 0 amide bonds. The highest BCUT2D eigenvalue weighted by Crippen LogP contribution is 2.17. The smallest absolute Gasteiger partial charge is 0.306 e. The Morgan fingerprint density at radius 3 is 2.94 bits per heavy atom. The minimum absolute atomic E-state index is 0.404. The van der Waals surface area contributed by atoms with Crippen molar-refractivity contribution in [1.29, 1.82) is 0 Å². The van der Waals surface area contributed by atoms with Gasteiger partial charge in [0, 0.05) is 5.56 Å². The summed E-state index contributed by atoms with van der Waals surface area (Å²) in [6.45, 7) is 2.99. The number of rotatable bonds is 4. The van der Waals surface area contributed by atoms with Crippen LogP contribution >= 0.6 is 0 Å². The Morgan fingerprint density at radius 2 is 2.29 bits per heavy atom. The first-order valence-electron chi connectivity index (χ1n) is 5.67. The predicted octanol–water partition coefficient (Wildman–Crippen LogP) is 1.73. The van der Waals surface area contributed by atoms with E-state index in [1.165, 1.54) is 0 Å². The van der Waals surface area contributed by atoms with E-state index < -0.39 is 11.9 Å². The van der Waals surface area contributed by atoms with Gasteiger partial charge in [-0.3, -0.25) is 4.79 Å². The monoisotopic (exact) mass is 233 g/mol. The number of benzene rings is 1. The molecule has 1 heterocycles. The number of carbonyl (C=O) groups is 1. The molecule has 0 aliphatic carbocycles. The van der Waals surface area contributed by atoms with Gasteiger partial charge in [0.15, 0.2) is 0 Å². The molecule has 0 radical (unpaired) electrons. The quantitative estimate of drug-likeness (QED) is 0.861. The molecule has 4 heteroatoms. The largest absolute Gasteiger partial charge is 0.481 e. The third-order valence-electron chi connectivity index (χ3n) is 2.78. The van der Waals surface area contributed by atoms with Gasteiger partial charge in [-0.05, 0) is 18.1 Å². The molecule has 0 saturated carbocycles. The number of ether oxygens (including phenoxy) is 1. The second-order valence-corrected chi connectivity index (χ2v) is 4.14. The van der Waals surface area contributed by atoms with Crippen LogP contribution in [0.3, 0.4) is 0 Å². The van der Waals surface area contributed by atoms with Crippen molar-refractivity contribution in [2.45, 2.75) is 13.3 Å². The highest BCUT2D eigenvalue weighted by molar-refractivity contribution is 5.96. The number of carboxylic acid groups (broad SMARTS) is 1. The van der Waals surface area contributed by atoms with Crippen molar-refractivity contribution < 1.29 is 14.6 Å². The summed E-state index contributed by atoms with van der Waals surface area (Å²) in [4.78, 5) is 15.1. The number of aliphatic imine (C=N–C) groups is 1. The summed E-state index contributed by atoms with van der Waals surface area (Å²) in [5, 5.41) is 8.94. The molecule has 0 saturated heterocycles. The zero-order valence-electron chi connectivity index (χ0n) is 9.72. The van der Waals surface area contributed by atoms with E-state index in [9.17, 15) is 4.79 Å². The molecule has 90 valence electrons. The zero-order valence-corrected chi connectivity index (χ0v) is 9.72. The first-order chi connectivity index (χ1) is 8.18. The van der Waals surface area contributed by atoms with Gasteiger partial charge in [0.2, 0.25) is 5.90 Å². The van der Waals surface area contributed by atoms with Crippen molar-refractivity contribution in [3.63, 3.8) is 0 Å². The van der Waals surface area contributed by atoms with Crippen LogP contribution in [-0.4, -0.2) is 30.1 Å². The predicted molar refractivity (Wildman–Crippen MR) is 64.3 cm³/mol. The second-order valence-electron chi connectivity index (χ2n) is 4.14. The molecule has 1 aliphatic heterocycles. The van der Waals surface area contributed by atoms with Crippen LogP contribution in [-0.2, 0) is 16.0 Å². The number of hydrogen-bond donors (Lipinski definition) is 1. The van der Waals surface area contributed by atoms with Gasteiger partial charge in [-0.25, -0.2) is 4.99 Å². The van der Waals surface area contributed by atoms with E-state index in [1.54, 1.807) is 6.92 Å². The summed E-state index contributed by atoms with van der Waals surface area (Å²) in [6, 6.07) is 7.67. The van der Waals surface area contributed by atoms with E-state index in [2.05, 4.69) is 4.99 Å². The van der Waals surface area contributed by atoms with E-state index in [-0.39, 0.29) is 0 Å². The molecule has 0 aromatic heterocycles. The van der Waals surface area contributed by atoms with E-state index >= 15 is 0 Å². The molecule has 1 unspecified atom stereocenters. The minimum Gasteiger partial charge on any atom is -0.481 e. The van der Waals surface area contributed by atoms with Crippen molar-refractivity contribution in [1.82, 2.24) is 0 Å². The Labute approximate surface area is 99.9 Å². The third kappa shape index (κ3) is 2.64. The average Bonchev–Trinajstić information content (AvgIpc) is 2.83. The summed E-state index contributed by atoms with van der Waals surface area (Å²) in [5.74, 6) is -0.551. The molecule has 0 bridgehead atoms. The zero-order chi connectivity index (χ0) is 12.3. The Kier molecular flexibility index (Phi) is 3.42. The van der Waals surface area contributed by atoms with Gasteiger partial charge in [0.1, 0.15) is 6.61 Å². The Morgan fingerprint density at radius 1 is 1.53 bits per heavy atom. The van der Waals surface area contributed by atoms with Gasteiger partial charge in [0.25, 0.3) is 0 Å². The molecule has 1 aliphatic rings. The molecule has 2 rings (SSSR count). The van der Waals surface area contributed by atoms with Crippen molar-refractivity contribution in [3.8, 4) is 0 Å². The lowest BCUT2D eigenvalue weighted by atomic mass is 9.97. The molecule has 0 spiro atoms. The van der Waals surface area contributed by atoms with E-state index in [1.807, 2.05) is 24.3 Å². The van der Waals surface area contributed by atoms with Crippen LogP contribution in [0.5, 0.6) is 0 Å². The van der Waals surface area contributed by atoms with Gasteiger partial charge < -0.3 is 9.84 Å². The molecule has 1 aromatic carbocycles. The first-order valence-corrected chi connectivity index (χ1v) is 5.67. The molecule has 1 atom stereocenters. The second kappa shape index (κ2) is 4.99. The average molecular weight is 233 g/mol. The lowest BCUT2D eigenvalue weighted by molar-refractivity contribution is -0.141. The molecule has 1 aromatic rings. The van der Waals surface area contributed by atoms with Crippen LogP contribution in [0.25, 0.3) is 0 Å². The number of carboxylic acids is 1. The van der Waals surface area contributed by atoms with Gasteiger partial charge in [-0.2, -0.15) is 0 Å². The summed E-state index contributed by atoms with van der Waals surface area (Å²) in [7, 11) is 0. The summed E-state index contributed by atoms with van der Waals surface area (Å²) >= 11 is 0. The molecular formula is C13H15NO3. The van der Waals surface area contributed by atoms with Gasteiger partial charge in [0.05, 0.1) is 12.5 Å². The number of hydrogen-bond acceptors (Lipinski definition) is 3. The fourth-order valence-corrected chi connectivity index (χ4v) is 1.82. The van der Waals surface area contributed by atoms with Gasteiger partial charge in [-0.1, -0.05) is 25.1 Å². The van der Waals surface area contributed by atoms with Crippen molar-refractivity contribution in [2.75, 3.05) is 13.2 Å². The SMILES string of the molecule is CC(Cc1ccccc1C1=NCCO1)C(=O)O. The maximum absolute atomic E-state index is 10.9. The first kappa shape index (κ1) is 11.6. The number of nitrogens with zero attached hydrogens (tertiary/aromatic N) is 1. The maximum atomic E-state index is 10.9. The standard InChI is InChI=1S/C13H15NO3/c1-9(13(15)16)8-10-4-2-3-5-11(10)12-14-6-7-17-12/h2-5,9H,6-8H2,1H3,(H,15,16). The molecule has 1 N–H and O–H groups in total. The minimum atomic E-state index is -0.783. The Hall–Kier alpha value is -1.84. The van der Waals surface area contributed by atoms with E-state index in [0.717, 1.165) is 11.1 Å². The molecule has 0 fully saturated rings. The summed E-state index contributed by atoms with van der Waals surface area (Å²) < 4.78 is 5.42. The highest BCUT2D eigenvalue weighted by Gasteiger charge is 2.18. The van der Waals surface area contributed by atoms with Crippen LogP contribution in [0, 0.1) is 5.92 Å². The molecular weight excluding hydrogens is 218 g/mol. The highest BCUT2D eigenvalue weighted by atomic mass is 16.5. The Bertz CT molecular complexity index is 454. The third-order valence-corrected chi connectivity index (χ3v) is 2.78. The van der Waals surface area contributed by atoms with Crippen LogP contribution in [0.1, 0.15) is 18.1 Å². The normalized spacial score (nSPS) is 16.2. The fraction of sp³-hybridized carbons (Fsp3) is 0.385. The van der Waals surface area contributed by atoms with Crippen LogP contribution in [0.15, 0.2) is 29.3 Å². The van der Waals surface area contributed by atoms with E-state index in [0.29, 0.717) is 25.5 Å². The lowest BCUT2D eigenvalue weighted by Gasteiger charge is -2.11. The van der Waals surface area contributed by atoms with Crippen molar-refractivity contribution >= 4 is 11.9 Å². The number of aliphatic carboxylic acids is 1. The Balaban J connectivity index is 2.24. The van der Waals surface area contributed by atoms with Crippen LogP contribution < -0.4 is 0 Å². The molecule has 4 nitrogen and oxygen atoms in total. The van der Waals surface area contributed by atoms with Gasteiger partial charge >= 0.3 is 5.97 Å². The van der Waals surface area contributed by atoms with E-state index in [4.69, 9.17) is 9.84 Å².